The number of benzene rings is 1. The van der Waals surface area contributed by atoms with E-state index in [0.717, 1.165) is 5.01 Å². The monoisotopic (exact) mass is 403 g/mol. The van der Waals surface area contributed by atoms with Crippen LogP contribution in [0, 0.1) is 5.92 Å². The SMILES string of the molecule is CCC(F)(F)c1cccc(NC(=O)C2C(=O)N(c3ccc(OC)nn3)N=C2C)c1. The Morgan fingerprint density at radius 3 is 2.66 bits per heavy atom. The summed E-state index contributed by atoms with van der Waals surface area (Å²) in [5, 5.41) is 15.2. The van der Waals surface area contributed by atoms with Gasteiger partial charge in [-0.1, -0.05) is 19.1 Å². The van der Waals surface area contributed by atoms with Gasteiger partial charge in [0.25, 0.3) is 11.8 Å². The molecule has 1 N–H and O–H groups in total. The number of methoxy groups -OCH3 is 1. The highest BCUT2D eigenvalue weighted by Crippen LogP contribution is 2.33. The van der Waals surface area contributed by atoms with Gasteiger partial charge in [0.1, 0.15) is 0 Å². The number of aromatic nitrogens is 2. The average Bonchev–Trinajstić information content (AvgIpc) is 3.02. The number of nitrogens with one attached hydrogen (secondary N) is 1. The number of nitrogens with zero attached hydrogens (tertiary/aromatic N) is 4. The summed E-state index contributed by atoms with van der Waals surface area (Å²) in [6.45, 7) is 2.90. The van der Waals surface area contributed by atoms with Crippen LogP contribution in [0.25, 0.3) is 0 Å². The summed E-state index contributed by atoms with van der Waals surface area (Å²) in [5.74, 6) is -5.10. The van der Waals surface area contributed by atoms with E-state index >= 15 is 0 Å². The molecule has 8 nitrogen and oxygen atoms in total. The fourth-order valence-corrected chi connectivity index (χ4v) is 2.81. The first kappa shape index (κ1) is 20.3. The molecule has 1 atom stereocenters. The maximum absolute atomic E-state index is 13.9. The third-order valence-corrected chi connectivity index (χ3v) is 4.44. The molecule has 0 aliphatic carbocycles. The topological polar surface area (TPSA) is 96.8 Å². The highest BCUT2D eigenvalue weighted by molar-refractivity contribution is 6.28. The zero-order valence-corrected chi connectivity index (χ0v) is 16.0. The number of carbonyl (C=O) groups is 2. The van der Waals surface area contributed by atoms with Crippen LogP contribution in [-0.2, 0) is 15.5 Å². The number of alkyl halides is 2. The Kier molecular flexibility index (Phi) is 5.53. The number of rotatable bonds is 6. The van der Waals surface area contributed by atoms with E-state index in [1.165, 1.54) is 57.4 Å². The number of hydrogen-bond donors (Lipinski definition) is 1. The summed E-state index contributed by atoms with van der Waals surface area (Å²) in [4.78, 5) is 25.4. The lowest BCUT2D eigenvalue weighted by atomic mass is 10.0. The van der Waals surface area contributed by atoms with Crippen molar-refractivity contribution in [3.63, 3.8) is 0 Å². The Bertz CT molecular complexity index is 963. The number of hydrogen-bond acceptors (Lipinski definition) is 6. The van der Waals surface area contributed by atoms with Crippen LogP contribution in [-0.4, -0.2) is 34.8 Å². The summed E-state index contributed by atoms with van der Waals surface area (Å²) in [5.41, 5.74) is 0.208. The van der Waals surface area contributed by atoms with Crippen molar-refractivity contribution < 1.29 is 23.1 Å². The molecule has 0 saturated heterocycles. The molecule has 1 aromatic heterocycles. The fraction of sp³-hybridized carbons (Fsp3) is 0.316. The van der Waals surface area contributed by atoms with E-state index in [9.17, 15) is 18.4 Å². The van der Waals surface area contributed by atoms with Crippen LogP contribution in [0.15, 0.2) is 41.5 Å². The molecular weight excluding hydrogens is 384 g/mol. The largest absolute Gasteiger partial charge is 0.480 e. The lowest BCUT2D eigenvalue weighted by molar-refractivity contribution is -0.127. The predicted octanol–water partition coefficient (Wildman–Crippen LogP) is 2.96. The van der Waals surface area contributed by atoms with Gasteiger partial charge in [-0.3, -0.25) is 9.59 Å². The van der Waals surface area contributed by atoms with E-state index in [-0.39, 0.29) is 35.1 Å². The highest BCUT2D eigenvalue weighted by atomic mass is 19.3. The lowest BCUT2D eigenvalue weighted by Gasteiger charge is -2.16. The lowest BCUT2D eigenvalue weighted by Crippen LogP contribution is -2.36. The molecule has 0 radical (unpaired) electrons. The van der Waals surface area contributed by atoms with Gasteiger partial charge in [-0.15, -0.1) is 10.2 Å². The number of anilines is 2. The molecule has 10 heteroatoms. The second kappa shape index (κ2) is 7.90. The Morgan fingerprint density at radius 1 is 1.28 bits per heavy atom. The predicted molar refractivity (Wildman–Crippen MR) is 102 cm³/mol. The van der Waals surface area contributed by atoms with Crippen molar-refractivity contribution in [2.24, 2.45) is 11.0 Å². The van der Waals surface area contributed by atoms with Crippen LogP contribution in [0.3, 0.4) is 0 Å². The minimum absolute atomic E-state index is 0.134. The molecule has 1 aliphatic heterocycles. The van der Waals surface area contributed by atoms with Crippen molar-refractivity contribution in [2.45, 2.75) is 26.2 Å². The van der Waals surface area contributed by atoms with Crippen molar-refractivity contribution in [2.75, 3.05) is 17.4 Å². The third kappa shape index (κ3) is 4.05. The van der Waals surface area contributed by atoms with Crippen molar-refractivity contribution in [3.05, 3.63) is 42.0 Å². The van der Waals surface area contributed by atoms with Crippen molar-refractivity contribution in [1.82, 2.24) is 10.2 Å². The first-order chi connectivity index (χ1) is 13.8. The Balaban J connectivity index is 1.77. The molecule has 0 fully saturated rings. The number of ether oxygens (including phenoxy) is 1. The fourth-order valence-electron chi connectivity index (χ4n) is 2.81. The van der Waals surface area contributed by atoms with Crippen LogP contribution >= 0.6 is 0 Å². The molecule has 0 spiro atoms. The van der Waals surface area contributed by atoms with E-state index in [0.29, 0.717) is 0 Å². The Hall–Kier alpha value is -3.43. The molecule has 2 amide bonds. The number of amides is 2. The van der Waals surface area contributed by atoms with Gasteiger partial charge < -0.3 is 10.1 Å². The van der Waals surface area contributed by atoms with E-state index in [1.807, 2.05) is 0 Å². The van der Waals surface area contributed by atoms with Crippen molar-refractivity contribution in [1.29, 1.82) is 0 Å². The summed E-state index contributed by atoms with van der Waals surface area (Å²) < 4.78 is 32.7. The minimum atomic E-state index is -3.01. The first-order valence-corrected chi connectivity index (χ1v) is 8.83. The maximum Gasteiger partial charge on any atom is 0.273 e. The van der Waals surface area contributed by atoms with Gasteiger partial charge in [0.2, 0.25) is 11.8 Å². The van der Waals surface area contributed by atoms with E-state index in [1.54, 1.807) is 0 Å². The van der Waals surface area contributed by atoms with Gasteiger partial charge in [-0.25, -0.2) is 8.78 Å². The van der Waals surface area contributed by atoms with Gasteiger partial charge in [-0.05, 0) is 25.1 Å². The molecule has 1 unspecified atom stereocenters. The Morgan fingerprint density at radius 2 is 2.03 bits per heavy atom. The average molecular weight is 403 g/mol. The van der Waals surface area contributed by atoms with E-state index in [2.05, 4.69) is 20.6 Å². The molecular formula is C19H19F2N5O3. The summed E-state index contributed by atoms with van der Waals surface area (Å²) >= 11 is 0. The quantitative estimate of drug-likeness (QED) is 0.748. The van der Waals surface area contributed by atoms with Gasteiger partial charge in [0.05, 0.1) is 12.8 Å². The number of hydrazone groups is 1. The van der Waals surface area contributed by atoms with E-state index in [4.69, 9.17) is 4.74 Å². The molecule has 2 heterocycles. The van der Waals surface area contributed by atoms with Gasteiger partial charge >= 0.3 is 0 Å². The van der Waals surface area contributed by atoms with Crippen LogP contribution in [0.5, 0.6) is 5.88 Å². The Labute approximate surface area is 165 Å². The normalized spacial score (nSPS) is 16.6. The first-order valence-electron chi connectivity index (χ1n) is 8.83. The second-order valence-electron chi connectivity index (χ2n) is 6.39. The van der Waals surface area contributed by atoms with Gasteiger partial charge in [-0.2, -0.15) is 10.1 Å². The minimum Gasteiger partial charge on any atom is -0.480 e. The second-order valence-corrected chi connectivity index (χ2v) is 6.39. The maximum atomic E-state index is 13.9. The molecule has 0 bridgehead atoms. The zero-order valence-electron chi connectivity index (χ0n) is 16.0. The van der Waals surface area contributed by atoms with Gasteiger partial charge in [0, 0.05) is 23.7 Å². The van der Waals surface area contributed by atoms with Crippen molar-refractivity contribution in [3.8, 4) is 5.88 Å². The van der Waals surface area contributed by atoms with E-state index < -0.39 is 23.7 Å². The molecule has 152 valence electrons. The molecule has 3 rings (SSSR count). The van der Waals surface area contributed by atoms with Crippen LogP contribution < -0.4 is 15.1 Å². The third-order valence-electron chi connectivity index (χ3n) is 4.44. The summed E-state index contributed by atoms with van der Waals surface area (Å²) in [6.07, 6.45) is -0.366. The van der Waals surface area contributed by atoms with Crippen molar-refractivity contribution >= 4 is 29.0 Å². The molecule has 2 aromatic rings. The summed E-state index contributed by atoms with van der Waals surface area (Å²) in [6, 6.07) is 8.37. The number of halogens is 2. The smallest absolute Gasteiger partial charge is 0.273 e. The van der Waals surface area contributed by atoms with Crippen LogP contribution in [0.2, 0.25) is 0 Å². The zero-order chi connectivity index (χ0) is 21.2. The standard InChI is InChI=1S/C19H19F2N5O3/c1-4-19(20,21)12-6-5-7-13(10-12)22-17(27)16-11(2)25-26(18(16)28)14-8-9-15(29-3)24-23-14/h5-10,16H,4H2,1-3H3,(H,22,27). The van der Waals surface area contributed by atoms with Crippen LogP contribution in [0.1, 0.15) is 25.8 Å². The van der Waals surface area contributed by atoms with Gasteiger partial charge in [0.15, 0.2) is 11.7 Å². The number of carbonyl (C=O) groups excluding carboxylic acids is 2. The van der Waals surface area contributed by atoms with Crippen LogP contribution in [0.4, 0.5) is 20.3 Å². The highest BCUT2D eigenvalue weighted by Gasteiger charge is 2.40. The molecule has 1 aliphatic rings. The molecule has 0 saturated carbocycles. The summed E-state index contributed by atoms with van der Waals surface area (Å²) in [7, 11) is 1.43. The molecule has 29 heavy (non-hydrogen) atoms. The molecule has 1 aromatic carbocycles.